The van der Waals surface area contributed by atoms with Crippen LogP contribution in [0.1, 0.15) is 28.8 Å². The van der Waals surface area contributed by atoms with Gasteiger partial charge in [0.2, 0.25) is 0 Å². The SMILES string of the molecule is CC(=O)c1ccccc1C1CNC1. The molecule has 0 spiro atoms. The summed E-state index contributed by atoms with van der Waals surface area (Å²) in [5.74, 6) is 0.711. The molecule has 2 rings (SSSR count). The van der Waals surface area contributed by atoms with E-state index in [4.69, 9.17) is 0 Å². The van der Waals surface area contributed by atoms with Crippen molar-refractivity contribution in [3.05, 3.63) is 35.4 Å². The van der Waals surface area contributed by atoms with Gasteiger partial charge in [0.25, 0.3) is 0 Å². The van der Waals surface area contributed by atoms with Crippen LogP contribution < -0.4 is 5.32 Å². The summed E-state index contributed by atoms with van der Waals surface area (Å²) in [5.41, 5.74) is 2.09. The second-order valence-electron chi connectivity index (χ2n) is 3.50. The zero-order chi connectivity index (χ0) is 9.26. The van der Waals surface area contributed by atoms with Gasteiger partial charge in [0, 0.05) is 24.6 Å². The highest BCUT2D eigenvalue weighted by Gasteiger charge is 2.22. The van der Waals surface area contributed by atoms with E-state index in [1.807, 2.05) is 18.2 Å². The Bertz CT molecular complexity index is 329. The molecule has 0 saturated carbocycles. The number of carbonyl (C=O) groups excluding carboxylic acids is 1. The maximum absolute atomic E-state index is 11.3. The van der Waals surface area contributed by atoms with Gasteiger partial charge in [-0.3, -0.25) is 4.79 Å². The number of nitrogens with one attached hydrogen (secondary N) is 1. The van der Waals surface area contributed by atoms with Gasteiger partial charge in [-0.1, -0.05) is 24.3 Å². The lowest BCUT2D eigenvalue weighted by molar-refractivity contribution is 0.101. The lowest BCUT2D eigenvalue weighted by atomic mass is 9.89. The minimum absolute atomic E-state index is 0.169. The zero-order valence-electron chi connectivity index (χ0n) is 7.71. The predicted molar refractivity (Wildman–Crippen MR) is 52.1 cm³/mol. The summed E-state index contributed by atoms with van der Waals surface area (Å²) < 4.78 is 0. The van der Waals surface area contributed by atoms with Gasteiger partial charge >= 0.3 is 0 Å². The molecule has 0 aromatic heterocycles. The Morgan fingerprint density at radius 3 is 2.62 bits per heavy atom. The molecule has 1 N–H and O–H groups in total. The van der Waals surface area contributed by atoms with E-state index in [0.717, 1.165) is 18.7 Å². The number of hydrogen-bond donors (Lipinski definition) is 1. The smallest absolute Gasteiger partial charge is 0.160 e. The number of carbonyl (C=O) groups is 1. The molecule has 2 heteroatoms. The second-order valence-corrected chi connectivity index (χ2v) is 3.50. The summed E-state index contributed by atoms with van der Waals surface area (Å²) >= 11 is 0. The van der Waals surface area contributed by atoms with Crippen molar-refractivity contribution in [3.8, 4) is 0 Å². The van der Waals surface area contributed by atoms with Crippen molar-refractivity contribution in [2.24, 2.45) is 0 Å². The fourth-order valence-electron chi connectivity index (χ4n) is 1.68. The molecule has 1 aromatic rings. The van der Waals surface area contributed by atoms with Gasteiger partial charge in [0.15, 0.2) is 5.78 Å². The lowest BCUT2D eigenvalue weighted by Gasteiger charge is -2.28. The van der Waals surface area contributed by atoms with Gasteiger partial charge in [0.05, 0.1) is 0 Å². The molecule has 0 atom stereocenters. The summed E-state index contributed by atoms with van der Waals surface area (Å²) in [4.78, 5) is 11.3. The van der Waals surface area contributed by atoms with Crippen LogP contribution in [0.3, 0.4) is 0 Å². The highest BCUT2D eigenvalue weighted by Crippen LogP contribution is 2.23. The van der Waals surface area contributed by atoms with Crippen LogP contribution in [0.15, 0.2) is 24.3 Å². The molecule has 1 fully saturated rings. The Hall–Kier alpha value is -1.15. The van der Waals surface area contributed by atoms with Gasteiger partial charge < -0.3 is 5.32 Å². The third kappa shape index (κ3) is 1.49. The minimum atomic E-state index is 0.169. The van der Waals surface area contributed by atoms with E-state index in [2.05, 4.69) is 11.4 Å². The molecule has 0 amide bonds. The average molecular weight is 175 g/mol. The average Bonchev–Trinajstić information content (AvgIpc) is 2.02. The van der Waals surface area contributed by atoms with Crippen LogP contribution in [0.4, 0.5) is 0 Å². The van der Waals surface area contributed by atoms with Crippen molar-refractivity contribution < 1.29 is 4.79 Å². The minimum Gasteiger partial charge on any atom is -0.315 e. The number of rotatable bonds is 2. The fraction of sp³-hybridized carbons (Fsp3) is 0.364. The van der Waals surface area contributed by atoms with Gasteiger partial charge in [-0.25, -0.2) is 0 Å². The molecule has 13 heavy (non-hydrogen) atoms. The Kier molecular flexibility index (Phi) is 2.15. The van der Waals surface area contributed by atoms with E-state index in [1.165, 1.54) is 5.56 Å². The third-order valence-corrected chi connectivity index (χ3v) is 2.56. The number of ketones is 1. The molecule has 0 bridgehead atoms. The monoisotopic (exact) mass is 175 g/mol. The first-order valence-corrected chi connectivity index (χ1v) is 4.59. The van der Waals surface area contributed by atoms with Crippen molar-refractivity contribution in [2.45, 2.75) is 12.8 Å². The second kappa shape index (κ2) is 3.30. The van der Waals surface area contributed by atoms with Crippen molar-refractivity contribution in [1.82, 2.24) is 5.32 Å². The maximum Gasteiger partial charge on any atom is 0.160 e. The maximum atomic E-state index is 11.3. The Morgan fingerprint density at radius 2 is 2.08 bits per heavy atom. The molecular weight excluding hydrogens is 162 g/mol. The van der Waals surface area contributed by atoms with E-state index >= 15 is 0 Å². The van der Waals surface area contributed by atoms with Crippen molar-refractivity contribution in [1.29, 1.82) is 0 Å². The van der Waals surface area contributed by atoms with E-state index in [-0.39, 0.29) is 5.78 Å². The molecule has 0 unspecified atom stereocenters. The molecular formula is C11H13NO. The first-order chi connectivity index (χ1) is 6.29. The van der Waals surface area contributed by atoms with Crippen molar-refractivity contribution >= 4 is 5.78 Å². The summed E-state index contributed by atoms with van der Waals surface area (Å²) in [5, 5.41) is 3.21. The number of benzene rings is 1. The lowest BCUT2D eigenvalue weighted by Crippen LogP contribution is -2.40. The van der Waals surface area contributed by atoms with Crippen molar-refractivity contribution in [3.63, 3.8) is 0 Å². The highest BCUT2D eigenvalue weighted by atomic mass is 16.1. The summed E-state index contributed by atoms with van der Waals surface area (Å²) in [6, 6.07) is 7.89. The van der Waals surface area contributed by atoms with Gasteiger partial charge in [-0.2, -0.15) is 0 Å². The Labute approximate surface area is 78.0 Å². The fourth-order valence-corrected chi connectivity index (χ4v) is 1.68. The Morgan fingerprint density at radius 1 is 1.38 bits per heavy atom. The van der Waals surface area contributed by atoms with Crippen LogP contribution in [0, 0.1) is 0 Å². The van der Waals surface area contributed by atoms with Crippen LogP contribution in [-0.2, 0) is 0 Å². The van der Waals surface area contributed by atoms with E-state index < -0.39 is 0 Å². The first-order valence-electron chi connectivity index (χ1n) is 4.59. The highest BCUT2D eigenvalue weighted by molar-refractivity contribution is 5.95. The van der Waals surface area contributed by atoms with Gasteiger partial charge in [-0.05, 0) is 12.5 Å². The number of hydrogen-bond acceptors (Lipinski definition) is 2. The molecule has 0 aliphatic carbocycles. The molecule has 0 radical (unpaired) electrons. The van der Waals surface area contributed by atoms with Crippen LogP contribution in [0.25, 0.3) is 0 Å². The summed E-state index contributed by atoms with van der Waals surface area (Å²) in [6.07, 6.45) is 0. The first kappa shape index (κ1) is 8.45. The zero-order valence-corrected chi connectivity index (χ0v) is 7.71. The Balaban J connectivity index is 2.36. The predicted octanol–water partition coefficient (Wildman–Crippen LogP) is 1.58. The summed E-state index contributed by atoms with van der Waals surface area (Å²) in [7, 11) is 0. The quantitative estimate of drug-likeness (QED) is 0.691. The van der Waals surface area contributed by atoms with Crippen molar-refractivity contribution in [2.75, 3.05) is 13.1 Å². The van der Waals surface area contributed by atoms with Crippen LogP contribution in [0.5, 0.6) is 0 Å². The van der Waals surface area contributed by atoms with Gasteiger partial charge in [0.1, 0.15) is 0 Å². The molecule has 1 heterocycles. The molecule has 1 aromatic carbocycles. The summed E-state index contributed by atoms with van der Waals surface area (Å²) in [6.45, 7) is 3.64. The largest absolute Gasteiger partial charge is 0.315 e. The standard InChI is InChI=1S/C11H13NO/c1-8(13)10-4-2-3-5-11(10)9-6-12-7-9/h2-5,9,12H,6-7H2,1H3. The van der Waals surface area contributed by atoms with E-state index in [9.17, 15) is 4.79 Å². The number of Topliss-reactive ketones (excluding diaryl/α,β-unsaturated/α-hetero) is 1. The van der Waals surface area contributed by atoms with E-state index in [0.29, 0.717) is 5.92 Å². The van der Waals surface area contributed by atoms with Gasteiger partial charge in [-0.15, -0.1) is 0 Å². The molecule has 1 saturated heterocycles. The molecule has 68 valence electrons. The van der Waals surface area contributed by atoms with Crippen LogP contribution in [-0.4, -0.2) is 18.9 Å². The van der Waals surface area contributed by atoms with Crippen LogP contribution in [0.2, 0.25) is 0 Å². The topological polar surface area (TPSA) is 29.1 Å². The third-order valence-electron chi connectivity index (χ3n) is 2.56. The van der Waals surface area contributed by atoms with E-state index in [1.54, 1.807) is 6.92 Å². The molecule has 1 aliphatic rings. The van der Waals surface area contributed by atoms with Crippen LogP contribution >= 0.6 is 0 Å². The normalized spacial score (nSPS) is 16.7. The molecule has 2 nitrogen and oxygen atoms in total. The molecule has 1 aliphatic heterocycles.